The quantitative estimate of drug-likeness (QED) is 0.709. The van der Waals surface area contributed by atoms with Crippen LogP contribution in [0.25, 0.3) is 0 Å². The third-order valence-corrected chi connectivity index (χ3v) is 2.97. The lowest BCUT2D eigenvalue weighted by Gasteiger charge is -2.15. The lowest BCUT2D eigenvalue weighted by Crippen LogP contribution is -2.34. The Morgan fingerprint density at radius 2 is 1.83 bits per heavy atom. The minimum absolute atomic E-state index is 0.0255. The van der Waals surface area contributed by atoms with E-state index in [1.54, 1.807) is 0 Å². The first-order valence-electron chi connectivity index (χ1n) is 6.24. The number of hydrogen-bond acceptors (Lipinski definition) is 3. The summed E-state index contributed by atoms with van der Waals surface area (Å²) in [5, 5.41) is 11.8. The average molecular weight is 250 g/mol. The van der Waals surface area contributed by atoms with Gasteiger partial charge < -0.3 is 16.2 Å². The Morgan fingerprint density at radius 1 is 1.28 bits per heavy atom. The highest BCUT2D eigenvalue weighted by Gasteiger charge is 2.12. The molecule has 0 fully saturated rings. The lowest BCUT2D eigenvalue weighted by molar-refractivity contribution is -0.121. The van der Waals surface area contributed by atoms with E-state index in [1.165, 1.54) is 0 Å². The number of amides is 1. The molecule has 1 amide bonds. The van der Waals surface area contributed by atoms with Crippen molar-refractivity contribution >= 4 is 5.91 Å². The first kappa shape index (κ1) is 14.7. The highest BCUT2D eigenvalue weighted by molar-refractivity contribution is 5.76. The van der Waals surface area contributed by atoms with E-state index in [4.69, 9.17) is 10.8 Å². The maximum absolute atomic E-state index is 11.6. The summed E-state index contributed by atoms with van der Waals surface area (Å²) >= 11 is 0. The molecule has 1 atom stereocenters. The highest BCUT2D eigenvalue weighted by atomic mass is 16.3. The molecule has 18 heavy (non-hydrogen) atoms. The van der Waals surface area contributed by atoms with Gasteiger partial charge in [0.25, 0.3) is 0 Å². The van der Waals surface area contributed by atoms with Crippen LogP contribution in [0.5, 0.6) is 0 Å². The molecule has 1 aromatic rings. The molecule has 0 aromatic heterocycles. The van der Waals surface area contributed by atoms with Gasteiger partial charge in [-0.25, -0.2) is 0 Å². The van der Waals surface area contributed by atoms with Crippen LogP contribution in [0.3, 0.4) is 0 Å². The second-order valence-electron chi connectivity index (χ2n) is 4.86. The third-order valence-electron chi connectivity index (χ3n) is 2.97. The van der Waals surface area contributed by atoms with Crippen molar-refractivity contribution in [2.45, 2.75) is 39.5 Å². The predicted molar refractivity (Wildman–Crippen MR) is 71.6 cm³/mol. The maximum Gasteiger partial charge on any atom is 0.221 e. The van der Waals surface area contributed by atoms with E-state index in [2.05, 4.69) is 5.32 Å². The fourth-order valence-corrected chi connectivity index (χ4v) is 1.49. The number of carbonyl (C=O) groups is 1. The van der Waals surface area contributed by atoms with Crippen LogP contribution in [0.1, 0.15) is 31.4 Å². The van der Waals surface area contributed by atoms with Gasteiger partial charge >= 0.3 is 0 Å². The molecule has 1 rings (SSSR count). The second kappa shape index (κ2) is 7.13. The molecular weight excluding hydrogens is 228 g/mol. The Bertz CT molecular complexity index is 374. The third kappa shape index (κ3) is 4.85. The molecule has 0 aliphatic heterocycles. The van der Waals surface area contributed by atoms with Crippen molar-refractivity contribution in [2.75, 3.05) is 0 Å². The molecule has 100 valence electrons. The zero-order valence-corrected chi connectivity index (χ0v) is 11.0. The fraction of sp³-hybridized carbons (Fsp3) is 0.500. The van der Waals surface area contributed by atoms with Crippen molar-refractivity contribution in [3.05, 3.63) is 35.4 Å². The van der Waals surface area contributed by atoms with Gasteiger partial charge in [-0.2, -0.15) is 0 Å². The van der Waals surface area contributed by atoms with Crippen LogP contribution < -0.4 is 11.1 Å². The van der Waals surface area contributed by atoms with Crippen molar-refractivity contribution in [3.8, 4) is 0 Å². The zero-order valence-electron chi connectivity index (χ0n) is 11.0. The molecule has 0 heterocycles. The van der Waals surface area contributed by atoms with Crippen molar-refractivity contribution in [1.82, 2.24) is 5.32 Å². The van der Waals surface area contributed by atoms with Gasteiger partial charge in [0.05, 0.1) is 6.61 Å². The van der Waals surface area contributed by atoms with Gasteiger partial charge in [-0.15, -0.1) is 0 Å². The fourth-order valence-electron chi connectivity index (χ4n) is 1.49. The maximum atomic E-state index is 11.6. The Labute approximate surface area is 108 Å². The van der Waals surface area contributed by atoms with E-state index in [-0.39, 0.29) is 18.6 Å². The van der Waals surface area contributed by atoms with E-state index in [9.17, 15) is 4.79 Å². The highest BCUT2D eigenvalue weighted by Crippen LogP contribution is 2.05. The smallest absolute Gasteiger partial charge is 0.221 e. The molecule has 0 radical (unpaired) electrons. The number of aliphatic hydroxyl groups excluding tert-OH is 1. The number of carbonyl (C=O) groups excluding carboxylic acids is 1. The van der Waals surface area contributed by atoms with Crippen molar-refractivity contribution < 1.29 is 9.90 Å². The minimum Gasteiger partial charge on any atom is -0.392 e. The molecule has 1 aromatic carbocycles. The molecule has 0 bridgehead atoms. The topological polar surface area (TPSA) is 75.4 Å². The standard InChI is InChI=1S/C14H22N2O2/c1-10(2)13(15)7-14(18)16-8-11-3-5-12(9-17)6-4-11/h3-6,10,13,17H,7-9,15H2,1-2H3,(H,16,18). The molecule has 0 aliphatic carbocycles. The van der Waals surface area contributed by atoms with E-state index < -0.39 is 0 Å². The van der Waals surface area contributed by atoms with Crippen LogP contribution in [0.2, 0.25) is 0 Å². The molecule has 0 saturated heterocycles. The van der Waals surface area contributed by atoms with Crippen LogP contribution in [0.15, 0.2) is 24.3 Å². The van der Waals surface area contributed by atoms with Crippen LogP contribution in [0, 0.1) is 5.92 Å². The van der Waals surface area contributed by atoms with E-state index in [0.29, 0.717) is 18.9 Å². The van der Waals surface area contributed by atoms with Crippen LogP contribution in [0.4, 0.5) is 0 Å². The Kier molecular flexibility index (Phi) is 5.82. The summed E-state index contributed by atoms with van der Waals surface area (Å²) in [4.78, 5) is 11.6. The summed E-state index contributed by atoms with van der Waals surface area (Å²) in [7, 11) is 0. The van der Waals surface area contributed by atoms with Crippen LogP contribution in [-0.2, 0) is 17.9 Å². The first-order chi connectivity index (χ1) is 8.52. The van der Waals surface area contributed by atoms with Gasteiger partial charge in [0.15, 0.2) is 0 Å². The van der Waals surface area contributed by atoms with Crippen LogP contribution >= 0.6 is 0 Å². The summed E-state index contributed by atoms with van der Waals surface area (Å²) in [6, 6.07) is 7.40. The first-order valence-corrected chi connectivity index (χ1v) is 6.24. The van der Waals surface area contributed by atoms with Crippen molar-refractivity contribution in [3.63, 3.8) is 0 Å². The zero-order chi connectivity index (χ0) is 13.5. The average Bonchev–Trinajstić information content (AvgIpc) is 2.36. The Balaban J connectivity index is 2.37. The van der Waals surface area contributed by atoms with Gasteiger partial charge in [0.2, 0.25) is 5.91 Å². The Morgan fingerprint density at radius 3 is 2.33 bits per heavy atom. The molecular formula is C14H22N2O2. The molecule has 4 nitrogen and oxygen atoms in total. The van der Waals surface area contributed by atoms with Gasteiger partial charge in [-0.05, 0) is 17.0 Å². The molecule has 0 saturated carbocycles. The summed E-state index contributed by atoms with van der Waals surface area (Å²) in [5.41, 5.74) is 7.72. The predicted octanol–water partition coefficient (Wildman–Crippen LogP) is 1.17. The molecule has 4 N–H and O–H groups in total. The van der Waals surface area contributed by atoms with Gasteiger partial charge in [0, 0.05) is 19.0 Å². The molecule has 4 heteroatoms. The largest absolute Gasteiger partial charge is 0.392 e. The van der Waals surface area contributed by atoms with E-state index >= 15 is 0 Å². The number of nitrogens with two attached hydrogens (primary N) is 1. The molecule has 0 spiro atoms. The SMILES string of the molecule is CC(C)C(N)CC(=O)NCc1ccc(CO)cc1. The van der Waals surface area contributed by atoms with Gasteiger partial charge in [-0.3, -0.25) is 4.79 Å². The monoisotopic (exact) mass is 250 g/mol. The second-order valence-corrected chi connectivity index (χ2v) is 4.86. The van der Waals surface area contributed by atoms with E-state index in [1.807, 2.05) is 38.1 Å². The summed E-state index contributed by atoms with van der Waals surface area (Å²) in [5.74, 6) is 0.280. The summed E-state index contributed by atoms with van der Waals surface area (Å²) in [6.45, 7) is 4.54. The molecule has 0 aliphatic rings. The summed E-state index contributed by atoms with van der Waals surface area (Å²) in [6.07, 6.45) is 0.354. The van der Waals surface area contributed by atoms with Gasteiger partial charge in [0.1, 0.15) is 0 Å². The van der Waals surface area contributed by atoms with Crippen LogP contribution in [-0.4, -0.2) is 17.1 Å². The summed E-state index contributed by atoms with van der Waals surface area (Å²) < 4.78 is 0. The normalized spacial score (nSPS) is 12.5. The number of aliphatic hydroxyl groups is 1. The number of benzene rings is 1. The number of nitrogens with one attached hydrogen (secondary N) is 1. The lowest BCUT2D eigenvalue weighted by atomic mass is 10.0. The molecule has 1 unspecified atom stereocenters. The van der Waals surface area contributed by atoms with E-state index in [0.717, 1.165) is 11.1 Å². The number of rotatable bonds is 6. The van der Waals surface area contributed by atoms with Gasteiger partial charge in [-0.1, -0.05) is 38.1 Å². The Hall–Kier alpha value is -1.39. The number of hydrogen-bond donors (Lipinski definition) is 3. The minimum atomic E-state index is -0.0956. The van der Waals surface area contributed by atoms with Crippen molar-refractivity contribution in [2.24, 2.45) is 11.7 Å². The van der Waals surface area contributed by atoms with Crippen molar-refractivity contribution in [1.29, 1.82) is 0 Å².